The Hall–Kier alpha value is -1.57. The minimum Gasteiger partial charge on any atom is -0.324 e. The molecule has 0 aliphatic heterocycles. The van der Waals surface area contributed by atoms with Crippen molar-refractivity contribution in [2.45, 2.75) is 4.90 Å². The van der Waals surface area contributed by atoms with Crippen molar-refractivity contribution >= 4 is 46.8 Å². The highest BCUT2D eigenvalue weighted by atomic mass is 32.2. The number of hydrogen-bond acceptors (Lipinski definition) is 6. The van der Waals surface area contributed by atoms with Crippen LogP contribution in [0, 0.1) is 0 Å². The molecule has 28 heavy (non-hydrogen) atoms. The van der Waals surface area contributed by atoms with Gasteiger partial charge in [-0.05, 0) is 22.2 Å². The summed E-state index contributed by atoms with van der Waals surface area (Å²) in [6.07, 6.45) is 0. The van der Waals surface area contributed by atoms with Gasteiger partial charge in [-0.2, -0.15) is 0 Å². The third-order valence-corrected chi connectivity index (χ3v) is 8.18. The van der Waals surface area contributed by atoms with Gasteiger partial charge in [0.25, 0.3) is 0 Å². The van der Waals surface area contributed by atoms with E-state index in [1.165, 1.54) is 0 Å². The van der Waals surface area contributed by atoms with Crippen LogP contribution in [0.1, 0.15) is 0 Å². The number of phosphoric ester groups is 1. The Morgan fingerprint density at radius 3 is 2.14 bits per heavy atom. The van der Waals surface area contributed by atoms with Crippen molar-refractivity contribution < 1.29 is 36.2 Å². The number of phosphoric acid groups is 1. The van der Waals surface area contributed by atoms with E-state index in [1.807, 2.05) is 24.3 Å². The van der Waals surface area contributed by atoms with Crippen molar-refractivity contribution in [3.05, 3.63) is 54.6 Å². The predicted octanol–water partition coefficient (Wildman–Crippen LogP) is 3.72. The van der Waals surface area contributed by atoms with Crippen molar-refractivity contribution in [1.82, 2.24) is 0 Å². The monoisotopic (exact) mass is 444 g/mol. The van der Waals surface area contributed by atoms with Crippen LogP contribution in [0.25, 0.3) is 21.5 Å². The summed E-state index contributed by atoms with van der Waals surface area (Å²) in [5, 5.41) is 2.94. The van der Waals surface area contributed by atoms with Gasteiger partial charge in [0.1, 0.15) is 0 Å². The van der Waals surface area contributed by atoms with Crippen molar-refractivity contribution in [1.29, 1.82) is 0 Å². The quantitative estimate of drug-likeness (QED) is 0.417. The van der Waals surface area contributed by atoms with E-state index < -0.39 is 37.6 Å². The lowest BCUT2D eigenvalue weighted by Crippen LogP contribution is -2.13. The molecule has 0 saturated carbocycles. The Kier molecular flexibility index (Phi) is 5.81. The van der Waals surface area contributed by atoms with Crippen LogP contribution in [0.5, 0.6) is 0 Å². The summed E-state index contributed by atoms with van der Waals surface area (Å²) in [6.45, 7) is 0.0362. The summed E-state index contributed by atoms with van der Waals surface area (Å²) in [5.41, 5.74) is 0. The first-order valence-electron chi connectivity index (χ1n) is 8.11. The molecule has 0 bridgehead atoms. The Morgan fingerprint density at radius 2 is 1.50 bits per heavy atom. The van der Waals surface area contributed by atoms with Gasteiger partial charge in [0.05, 0.1) is 17.3 Å². The largest absolute Gasteiger partial charge is 0.479 e. The highest BCUT2D eigenvalue weighted by Gasteiger charge is 2.31. The van der Waals surface area contributed by atoms with Gasteiger partial charge in [-0.15, -0.1) is 0 Å². The second kappa shape index (κ2) is 7.69. The fourth-order valence-corrected chi connectivity index (χ4v) is 6.37. The molecular weight excluding hydrogens is 426 g/mol. The number of fused-ring (bicyclic) bond motifs is 3. The topological polar surface area (TPSA) is 127 Å². The molecule has 11 heteroatoms. The molecular formula is C17H18O8P2S. The average molecular weight is 444 g/mol. The number of benzene rings is 3. The van der Waals surface area contributed by atoms with Crippen LogP contribution in [0.15, 0.2) is 59.5 Å². The van der Waals surface area contributed by atoms with E-state index in [1.54, 1.807) is 30.3 Å². The van der Waals surface area contributed by atoms with Gasteiger partial charge in [0.2, 0.25) is 0 Å². The molecule has 150 valence electrons. The average Bonchev–Trinajstić information content (AvgIpc) is 2.58. The molecule has 0 saturated heterocycles. The van der Waals surface area contributed by atoms with Gasteiger partial charge in [0.15, 0.2) is 9.84 Å². The molecule has 2 N–H and O–H groups in total. The lowest BCUT2D eigenvalue weighted by atomic mass is 10.0. The van der Waals surface area contributed by atoms with Gasteiger partial charge in [-0.1, -0.05) is 48.5 Å². The third-order valence-electron chi connectivity index (χ3n) is 3.93. The number of rotatable bonds is 7. The second-order valence-corrected chi connectivity index (χ2v) is 11.7. The minimum atomic E-state index is -4.86. The van der Waals surface area contributed by atoms with E-state index in [2.05, 4.69) is 8.83 Å². The maximum atomic E-state index is 12.9. The molecule has 3 rings (SSSR count). The molecule has 0 aliphatic carbocycles. The zero-order chi connectivity index (χ0) is 20.6. The molecule has 0 fully saturated rings. The molecule has 0 heterocycles. The summed E-state index contributed by atoms with van der Waals surface area (Å²) in [4.78, 5) is 18.5. The molecule has 0 aliphatic rings. The molecule has 3 aromatic carbocycles. The minimum absolute atomic E-state index is 0.0717. The lowest BCUT2D eigenvalue weighted by molar-refractivity contribution is 0.206. The molecule has 2 atom stereocenters. The summed E-state index contributed by atoms with van der Waals surface area (Å²) in [7, 11) is -13.0. The van der Waals surface area contributed by atoms with Crippen LogP contribution in [0.4, 0.5) is 0 Å². The van der Waals surface area contributed by atoms with Crippen LogP contribution in [0.3, 0.4) is 0 Å². The molecule has 3 aromatic rings. The number of hydrogen-bond donors (Lipinski definition) is 2. The fraction of sp³-hybridized carbons (Fsp3) is 0.176. The van der Waals surface area contributed by atoms with Gasteiger partial charge >= 0.3 is 15.4 Å². The third kappa shape index (κ3) is 4.88. The standard InChI is InChI=1S/C17H18O8P2S/c1-26(18,19)25-27(20,21)24-10-11-28(22,23)17-12-13-6-2-3-7-14(13)15-8-4-5-9-16(15)17/h2-9,12H,10-11H2,1H3,(H,18,19)(H,20,21). The zero-order valence-electron chi connectivity index (χ0n) is 14.8. The van der Waals surface area contributed by atoms with E-state index in [0.717, 1.165) is 22.8 Å². The van der Waals surface area contributed by atoms with Crippen molar-refractivity contribution in [2.24, 2.45) is 0 Å². The van der Waals surface area contributed by atoms with E-state index in [4.69, 9.17) is 4.89 Å². The maximum Gasteiger partial charge on any atom is 0.479 e. The number of sulfone groups is 1. The van der Waals surface area contributed by atoms with Gasteiger partial charge in [-0.3, -0.25) is 9.09 Å². The molecule has 8 nitrogen and oxygen atoms in total. The van der Waals surface area contributed by atoms with E-state index >= 15 is 0 Å². The summed E-state index contributed by atoms with van der Waals surface area (Å²) in [6, 6.07) is 16.0. The first-order valence-corrected chi connectivity index (χ1v) is 13.3. The molecule has 2 unspecified atom stereocenters. The van der Waals surface area contributed by atoms with Crippen LogP contribution in [-0.2, 0) is 27.8 Å². The highest BCUT2D eigenvalue weighted by Crippen LogP contribution is 2.57. The Morgan fingerprint density at radius 1 is 0.929 bits per heavy atom. The zero-order valence-corrected chi connectivity index (χ0v) is 17.4. The van der Waals surface area contributed by atoms with Crippen LogP contribution in [0.2, 0.25) is 0 Å². The van der Waals surface area contributed by atoms with E-state index in [0.29, 0.717) is 5.39 Å². The first-order chi connectivity index (χ1) is 13.0. The van der Waals surface area contributed by atoms with Crippen molar-refractivity contribution in [3.63, 3.8) is 0 Å². The van der Waals surface area contributed by atoms with Gasteiger partial charge in [-0.25, -0.2) is 17.3 Å². The molecule has 0 amide bonds. The second-order valence-electron chi connectivity index (χ2n) is 6.15. The van der Waals surface area contributed by atoms with Gasteiger partial charge in [0, 0.05) is 12.1 Å². The smallest absolute Gasteiger partial charge is 0.324 e. The van der Waals surface area contributed by atoms with Gasteiger partial charge < -0.3 is 9.79 Å². The van der Waals surface area contributed by atoms with E-state index in [-0.39, 0.29) is 4.90 Å². The van der Waals surface area contributed by atoms with E-state index in [9.17, 15) is 22.4 Å². The SMILES string of the molecule is CP(=O)(O)OP(=O)(O)OCCS(=O)(=O)c1cc2ccccc2c2ccccc12. The van der Waals surface area contributed by atoms with Crippen LogP contribution < -0.4 is 0 Å². The lowest BCUT2D eigenvalue weighted by Gasteiger charge is -2.14. The Labute approximate surface area is 161 Å². The molecule has 0 aromatic heterocycles. The van der Waals surface area contributed by atoms with Crippen LogP contribution >= 0.6 is 15.4 Å². The normalized spacial score (nSPS) is 16.7. The van der Waals surface area contributed by atoms with Crippen molar-refractivity contribution in [2.75, 3.05) is 19.0 Å². The highest BCUT2D eigenvalue weighted by molar-refractivity contribution is 7.91. The maximum absolute atomic E-state index is 12.9. The summed E-state index contributed by atoms with van der Waals surface area (Å²) < 4.78 is 57.1. The van der Waals surface area contributed by atoms with Crippen LogP contribution in [-0.4, -0.2) is 37.2 Å². The fourth-order valence-electron chi connectivity index (χ4n) is 2.86. The first kappa shape index (κ1) is 21.1. The molecule has 0 spiro atoms. The molecule has 0 radical (unpaired) electrons. The van der Waals surface area contributed by atoms with Crippen molar-refractivity contribution in [3.8, 4) is 0 Å². The summed E-state index contributed by atoms with van der Waals surface area (Å²) >= 11 is 0. The summed E-state index contributed by atoms with van der Waals surface area (Å²) in [5.74, 6) is -0.608. The predicted molar refractivity (Wildman–Crippen MR) is 106 cm³/mol. The Balaban J connectivity index is 1.92. The Bertz CT molecular complexity index is 1230.